The minimum absolute atomic E-state index is 0. The third-order valence-corrected chi connectivity index (χ3v) is 4.71. The first-order chi connectivity index (χ1) is 14.1. The molecule has 1 aromatic carbocycles. The van der Waals surface area contributed by atoms with Crippen molar-refractivity contribution in [1.82, 2.24) is 0 Å². The zero-order valence-corrected chi connectivity index (χ0v) is 20.6. The molecule has 0 aliphatic heterocycles. The molecule has 0 amide bonds. The van der Waals surface area contributed by atoms with Crippen molar-refractivity contribution in [2.24, 2.45) is 0 Å². The van der Waals surface area contributed by atoms with E-state index in [0.717, 1.165) is 44.3 Å². The summed E-state index contributed by atoms with van der Waals surface area (Å²) in [7, 11) is 1.44. The molecule has 0 spiro atoms. The van der Waals surface area contributed by atoms with Gasteiger partial charge in [0, 0.05) is 31.5 Å². The van der Waals surface area contributed by atoms with Crippen LogP contribution in [0.2, 0.25) is 0 Å². The molecule has 0 saturated heterocycles. The summed E-state index contributed by atoms with van der Waals surface area (Å²) in [5, 5.41) is 13.9. The molecule has 30 heavy (non-hydrogen) atoms. The van der Waals surface area contributed by atoms with E-state index in [4.69, 9.17) is 0 Å². The van der Waals surface area contributed by atoms with Crippen LogP contribution in [0.4, 0.5) is 5.69 Å². The van der Waals surface area contributed by atoms with Crippen LogP contribution in [0.15, 0.2) is 24.3 Å². The minimum Gasteiger partial charge on any atom is -0.545 e. The van der Waals surface area contributed by atoms with Crippen molar-refractivity contribution in [3.8, 4) is 11.8 Å². The van der Waals surface area contributed by atoms with E-state index in [1.54, 1.807) is 24.3 Å². The first-order valence-corrected chi connectivity index (χ1v) is 10.7. The molecule has 0 heterocycles. The Morgan fingerprint density at radius 3 is 1.97 bits per heavy atom. The van der Waals surface area contributed by atoms with Gasteiger partial charge >= 0.3 is 35.5 Å². The zero-order valence-electron chi connectivity index (χ0n) is 18.6. The number of benzene rings is 1. The quantitative estimate of drug-likeness (QED) is 0.199. The van der Waals surface area contributed by atoms with Crippen LogP contribution in [0.1, 0.15) is 87.4 Å². The number of carbonyl (C=O) groups is 2. The van der Waals surface area contributed by atoms with Gasteiger partial charge in [-0.2, -0.15) is 0 Å². The summed E-state index contributed by atoms with van der Waals surface area (Å²) in [5.41, 5.74) is 1.10. The molecule has 0 aromatic heterocycles. The number of esters is 1. The second-order valence-corrected chi connectivity index (χ2v) is 7.15. The second-order valence-electron chi connectivity index (χ2n) is 7.15. The number of carbonyl (C=O) groups excluding carboxylic acids is 2. The maximum Gasteiger partial charge on any atom is 1.00 e. The van der Waals surface area contributed by atoms with Crippen LogP contribution in [-0.4, -0.2) is 25.6 Å². The van der Waals surface area contributed by atoms with E-state index in [0.29, 0.717) is 6.42 Å². The van der Waals surface area contributed by atoms with Gasteiger partial charge in [0.05, 0.1) is 13.1 Å². The van der Waals surface area contributed by atoms with Gasteiger partial charge in [0.1, 0.15) is 0 Å². The van der Waals surface area contributed by atoms with Crippen LogP contribution in [0.3, 0.4) is 0 Å². The zero-order chi connectivity index (χ0) is 21.2. The number of hydrogen-bond donors (Lipinski definition) is 1. The number of anilines is 1. The summed E-state index contributed by atoms with van der Waals surface area (Å²) in [5.74, 6) is 5.21. The van der Waals surface area contributed by atoms with Gasteiger partial charge < -0.3 is 20.0 Å². The molecular formula is C24H34NNaO4. The molecule has 5 nitrogen and oxygen atoms in total. The number of carboxylic acid groups (broad SMARTS) is 1. The Hall–Kier alpha value is -1.48. The van der Waals surface area contributed by atoms with Gasteiger partial charge in [-0.1, -0.05) is 50.7 Å². The van der Waals surface area contributed by atoms with Gasteiger partial charge in [0.25, 0.3) is 0 Å². The predicted molar refractivity (Wildman–Crippen MR) is 114 cm³/mol. The maximum absolute atomic E-state index is 11.0. The third kappa shape index (κ3) is 15.4. The van der Waals surface area contributed by atoms with Crippen LogP contribution in [0.5, 0.6) is 0 Å². The average Bonchev–Trinajstić information content (AvgIpc) is 2.73. The summed E-state index contributed by atoms with van der Waals surface area (Å²) >= 11 is 0. The standard InChI is InChI=1S/C24H35NO4.Na/c1-29-23(26)15-13-11-9-7-5-3-2-4-6-8-10-12-14-20-25-22-18-16-21(17-19-22)24(27)28;/h16-19,25H,2-7,9,11-15,20H2,1H3,(H,27,28);/q;+1/p-1. The molecule has 1 aromatic rings. The molecule has 0 fully saturated rings. The van der Waals surface area contributed by atoms with Crippen LogP contribution in [-0.2, 0) is 9.53 Å². The summed E-state index contributed by atoms with van der Waals surface area (Å²) in [6.45, 7) is 0.818. The first-order valence-electron chi connectivity index (χ1n) is 10.7. The molecule has 0 radical (unpaired) electrons. The molecule has 0 saturated carbocycles. The van der Waals surface area contributed by atoms with Gasteiger partial charge in [-0.05, 0) is 37.0 Å². The van der Waals surface area contributed by atoms with Crippen molar-refractivity contribution in [3.05, 3.63) is 29.8 Å². The molecule has 0 atom stereocenters. The molecule has 0 aliphatic rings. The Balaban J connectivity index is 0.00000841. The SMILES string of the molecule is COC(=O)CCCCCCCCCCC#CCCCNc1ccc(C(=O)[O-])cc1.[Na+]. The van der Waals surface area contributed by atoms with Gasteiger partial charge in [-0.15, -0.1) is 11.8 Å². The number of unbranched alkanes of at least 4 members (excludes halogenated alkanes) is 9. The summed E-state index contributed by atoms with van der Waals surface area (Å²) < 4.78 is 4.63. The van der Waals surface area contributed by atoms with E-state index in [1.165, 1.54) is 45.6 Å². The van der Waals surface area contributed by atoms with Crippen molar-refractivity contribution >= 4 is 17.6 Å². The fourth-order valence-corrected chi connectivity index (χ4v) is 2.96. The second kappa shape index (κ2) is 19.5. The molecule has 6 heteroatoms. The monoisotopic (exact) mass is 423 g/mol. The largest absolute Gasteiger partial charge is 1.00 e. The van der Waals surface area contributed by atoms with Crippen molar-refractivity contribution < 1.29 is 49.0 Å². The number of aromatic carboxylic acids is 1. The number of nitrogens with one attached hydrogen (secondary N) is 1. The normalized spacial score (nSPS) is 9.77. The molecule has 1 N–H and O–H groups in total. The Morgan fingerprint density at radius 2 is 1.40 bits per heavy atom. The number of methoxy groups -OCH3 is 1. The topological polar surface area (TPSA) is 78.5 Å². The van der Waals surface area contributed by atoms with Crippen molar-refractivity contribution in [2.75, 3.05) is 19.0 Å². The van der Waals surface area contributed by atoms with E-state index in [1.807, 2.05) is 0 Å². The fraction of sp³-hybridized carbons (Fsp3) is 0.583. The molecule has 0 aliphatic carbocycles. The number of ether oxygens (including phenoxy) is 1. The molecule has 1 rings (SSSR count). The number of carboxylic acids is 1. The molecule has 0 bridgehead atoms. The Morgan fingerprint density at radius 1 is 0.867 bits per heavy atom. The summed E-state index contributed by atoms with van der Waals surface area (Å²) in [4.78, 5) is 21.7. The van der Waals surface area contributed by atoms with Crippen LogP contribution < -0.4 is 40.0 Å². The van der Waals surface area contributed by atoms with Crippen molar-refractivity contribution in [1.29, 1.82) is 0 Å². The van der Waals surface area contributed by atoms with Gasteiger partial charge in [0.2, 0.25) is 0 Å². The smallest absolute Gasteiger partial charge is 0.545 e. The minimum atomic E-state index is -1.15. The van der Waals surface area contributed by atoms with E-state index in [2.05, 4.69) is 21.9 Å². The van der Waals surface area contributed by atoms with Gasteiger partial charge in [0.15, 0.2) is 0 Å². The Bertz CT molecular complexity index is 649. The molecule has 160 valence electrons. The van der Waals surface area contributed by atoms with Crippen LogP contribution >= 0.6 is 0 Å². The Kier molecular flexibility index (Phi) is 18.5. The number of rotatable bonds is 15. The van der Waals surface area contributed by atoms with Crippen molar-refractivity contribution in [2.45, 2.75) is 77.0 Å². The average molecular weight is 424 g/mol. The van der Waals surface area contributed by atoms with E-state index >= 15 is 0 Å². The van der Waals surface area contributed by atoms with Gasteiger partial charge in [-0.25, -0.2) is 0 Å². The fourth-order valence-electron chi connectivity index (χ4n) is 2.96. The number of hydrogen-bond acceptors (Lipinski definition) is 5. The van der Waals surface area contributed by atoms with E-state index in [9.17, 15) is 14.7 Å². The van der Waals surface area contributed by atoms with E-state index < -0.39 is 5.97 Å². The van der Waals surface area contributed by atoms with E-state index in [-0.39, 0.29) is 41.1 Å². The first kappa shape index (κ1) is 28.5. The van der Waals surface area contributed by atoms with Gasteiger partial charge in [-0.3, -0.25) is 4.79 Å². The predicted octanol–water partition coefficient (Wildman–Crippen LogP) is 1.32. The summed E-state index contributed by atoms with van der Waals surface area (Å²) in [6.07, 6.45) is 12.8. The molecular weight excluding hydrogens is 389 g/mol. The molecule has 0 unspecified atom stereocenters. The maximum atomic E-state index is 11.0. The van der Waals surface area contributed by atoms with Crippen LogP contribution in [0.25, 0.3) is 0 Å². The van der Waals surface area contributed by atoms with Crippen LogP contribution in [0, 0.1) is 11.8 Å². The Labute approximate surface area is 203 Å². The summed E-state index contributed by atoms with van der Waals surface area (Å²) in [6, 6.07) is 6.59. The third-order valence-electron chi connectivity index (χ3n) is 4.71. The van der Waals surface area contributed by atoms with Crippen molar-refractivity contribution in [3.63, 3.8) is 0 Å².